The second-order valence-electron chi connectivity index (χ2n) is 5.53. The first-order valence-electron chi connectivity index (χ1n) is 7.38. The molecule has 0 aliphatic carbocycles. The molecule has 1 aliphatic heterocycles. The van der Waals surface area contributed by atoms with Crippen LogP contribution in [-0.2, 0) is 11.2 Å². The lowest BCUT2D eigenvalue weighted by atomic mass is 9.98. The highest BCUT2D eigenvalue weighted by Crippen LogP contribution is 2.31. The maximum absolute atomic E-state index is 10.6. The van der Waals surface area contributed by atoms with Gasteiger partial charge in [-0.3, -0.25) is 0 Å². The molecule has 126 valence electrons. The minimum absolute atomic E-state index is 0.511. The number of fused-ring (bicyclic) bond motifs is 3. The predicted octanol–water partition coefficient (Wildman–Crippen LogP) is 3.71. The molecule has 4 nitrogen and oxygen atoms in total. The van der Waals surface area contributed by atoms with Crippen LogP contribution in [0, 0.1) is 6.92 Å². The van der Waals surface area contributed by atoms with E-state index in [9.17, 15) is 13.2 Å². The molecule has 2 aromatic rings. The molecule has 1 atom stereocenters. The number of aromatic amines is 1. The Bertz CT molecular complexity index is 707. The summed E-state index contributed by atoms with van der Waals surface area (Å²) < 4.78 is 31.7. The van der Waals surface area contributed by atoms with Crippen molar-refractivity contribution in [3.8, 4) is 0 Å². The first-order valence-corrected chi connectivity index (χ1v) is 7.38. The predicted molar refractivity (Wildman–Crippen MR) is 81.5 cm³/mol. The number of aromatic nitrogens is 1. The number of carbonyl (C=O) groups is 1. The Balaban J connectivity index is 0.000000236. The maximum atomic E-state index is 10.6. The van der Waals surface area contributed by atoms with Gasteiger partial charge in [0.25, 0.3) is 0 Å². The number of aliphatic carboxylic acids is 1. The van der Waals surface area contributed by atoms with Crippen LogP contribution in [0.3, 0.4) is 0 Å². The van der Waals surface area contributed by atoms with Crippen molar-refractivity contribution in [3.63, 3.8) is 0 Å². The summed E-state index contributed by atoms with van der Waals surface area (Å²) in [6.45, 7) is 5.49. The van der Waals surface area contributed by atoms with Gasteiger partial charge < -0.3 is 15.4 Å². The van der Waals surface area contributed by atoms with E-state index in [4.69, 9.17) is 9.90 Å². The monoisotopic (exact) mass is 328 g/mol. The van der Waals surface area contributed by atoms with Gasteiger partial charge in [-0.15, -0.1) is 0 Å². The molecule has 3 rings (SSSR count). The number of hydrogen-bond donors (Lipinski definition) is 3. The number of H-pyrrole nitrogens is 1. The number of rotatable bonds is 1. The molecule has 0 fully saturated rings. The smallest absolute Gasteiger partial charge is 0.475 e. The van der Waals surface area contributed by atoms with Crippen molar-refractivity contribution in [2.75, 3.05) is 6.54 Å². The molecule has 0 saturated heterocycles. The number of carboxylic acids is 1. The van der Waals surface area contributed by atoms with Gasteiger partial charge in [0.1, 0.15) is 0 Å². The number of halogens is 3. The Morgan fingerprint density at radius 2 is 2.04 bits per heavy atom. The van der Waals surface area contributed by atoms with E-state index in [1.54, 1.807) is 0 Å². The van der Waals surface area contributed by atoms with E-state index in [1.165, 1.54) is 27.7 Å². The quantitative estimate of drug-likeness (QED) is 0.748. The molecule has 0 amide bonds. The molecule has 7 heteroatoms. The van der Waals surface area contributed by atoms with Gasteiger partial charge in [0, 0.05) is 22.6 Å². The fourth-order valence-electron chi connectivity index (χ4n) is 2.78. The topological polar surface area (TPSA) is 65.1 Å². The van der Waals surface area contributed by atoms with Crippen LogP contribution < -0.4 is 5.32 Å². The van der Waals surface area contributed by atoms with Crippen molar-refractivity contribution >= 4 is 16.9 Å². The van der Waals surface area contributed by atoms with Gasteiger partial charge in [-0.25, -0.2) is 4.79 Å². The lowest BCUT2D eigenvalue weighted by molar-refractivity contribution is -0.192. The summed E-state index contributed by atoms with van der Waals surface area (Å²) in [5, 5.41) is 12.1. The van der Waals surface area contributed by atoms with E-state index < -0.39 is 12.1 Å². The van der Waals surface area contributed by atoms with Crippen molar-refractivity contribution in [1.82, 2.24) is 10.3 Å². The van der Waals surface area contributed by atoms with Gasteiger partial charge in [-0.2, -0.15) is 13.2 Å². The summed E-state index contributed by atoms with van der Waals surface area (Å²) in [5.41, 5.74) is 5.56. The van der Waals surface area contributed by atoms with Gasteiger partial charge in [-0.05, 0) is 43.5 Å². The summed E-state index contributed by atoms with van der Waals surface area (Å²) in [4.78, 5) is 12.5. The molecule has 0 bridgehead atoms. The van der Waals surface area contributed by atoms with Crippen molar-refractivity contribution in [3.05, 3.63) is 35.0 Å². The molecular formula is C16H19F3N2O2. The summed E-state index contributed by atoms with van der Waals surface area (Å²) in [7, 11) is 0. The highest BCUT2D eigenvalue weighted by atomic mass is 19.4. The number of carboxylic acid groups (broad SMARTS) is 1. The fourth-order valence-corrected chi connectivity index (χ4v) is 2.78. The molecular weight excluding hydrogens is 309 g/mol. The van der Waals surface area contributed by atoms with Gasteiger partial charge in [0.2, 0.25) is 0 Å². The summed E-state index contributed by atoms with van der Waals surface area (Å²) >= 11 is 0. The normalized spacial score (nSPS) is 17.3. The van der Waals surface area contributed by atoms with Crippen molar-refractivity contribution in [1.29, 1.82) is 0 Å². The highest BCUT2D eigenvalue weighted by Gasteiger charge is 2.38. The Hall–Kier alpha value is -2.02. The molecule has 0 saturated carbocycles. The lowest BCUT2D eigenvalue weighted by Gasteiger charge is -2.22. The molecule has 2 heterocycles. The van der Waals surface area contributed by atoms with E-state index in [0.717, 1.165) is 19.4 Å². The third-order valence-corrected chi connectivity index (χ3v) is 3.86. The molecule has 1 aliphatic rings. The Labute approximate surface area is 131 Å². The van der Waals surface area contributed by atoms with Crippen LogP contribution >= 0.6 is 0 Å². The zero-order chi connectivity index (χ0) is 17.2. The number of alkyl halides is 3. The minimum Gasteiger partial charge on any atom is -0.475 e. The molecule has 0 spiro atoms. The van der Waals surface area contributed by atoms with E-state index in [2.05, 4.69) is 42.3 Å². The fraction of sp³-hybridized carbons (Fsp3) is 0.438. The van der Waals surface area contributed by atoms with Gasteiger partial charge in [0.15, 0.2) is 0 Å². The zero-order valence-corrected chi connectivity index (χ0v) is 12.9. The van der Waals surface area contributed by atoms with Gasteiger partial charge in [0.05, 0.1) is 0 Å². The first kappa shape index (κ1) is 17.3. The van der Waals surface area contributed by atoms with Crippen LogP contribution in [0.25, 0.3) is 10.9 Å². The van der Waals surface area contributed by atoms with E-state index >= 15 is 0 Å². The number of nitrogens with one attached hydrogen (secondary N) is 2. The lowest BCUT2D eigenvalue weighted by Crippen LogP contribution is -2.29. The van der Waals surface area contributed by atoms with Crippen LogP contribution in [0.15, 0.2) is 18.2 Å². The molecule has 3 N–H and O–H groups in total. The average Bonchev–Trinajstić information content (AvgIpc) is 2.84. The first-order chi connectivity index (χ1) is 10.7. The Morgan fingerprint density at radius 3 is 2.61 bits per heavy atom. The Kier molecular flexibility index (Phi) is 4.99. The number of benzene rings is 1. The van der Waals surface area contributed by atoms with Crippen LogP contribution in [-0.4, -0.2) is 28.8 Å². The second kappa shape index (κ2) is 6.62. The summed E-state index contributed by atoms with van der Waals surface area (Å²) in [5.74, 6) is -2.76. The van der Waals surface area contributed by atoms with E-state index in [1.807, 2.05) is 0 Å². The molecule has 0 radical (unpaired) electrons. The number of hydrogen-bond acceptors (Lipinski definition) is 2. The van der Waals surface area contributed by atoms with Crippen molar-refractivity contribution < 1.29 is 23.1 Å². The number of aryl methyl sites for hydroxylation is 1. The SMILES string of the molecule is CCC1NCCc2c1[nH]c1cc(C)ccc21.O=C(O)C(F)(F)F. The zero-order valence-electron chi connectivity index (χ0n) is 12.9. The maximum Gasteiger partial charge on any atom is 0.490 e. The molecule has 1 aromatic heterocycles. The van der Waals surface area contributed by atoms with Crippen LogP contribution in [0.2, 0.25) is 0 Å². The highest BCUT2D eigenvalue weighted by molar-refractivity contribution is 5.85. The van der Waals surface area contributed by atoms with Crippen molar-refractivity contribution in [2.45, 2.75) is 38.9 Å². The molecule has 1 unspecified atom stereocenters. The van der Waals surface area contributed by atoms with E-state index in [-0.39, 0.29) is 0 Å². The molecule has 1 aromatic carbocycles. The van der Waals surface area contributed by atoms with Gasteiger partial charge in [-0.1, -0.05) is 19.1 Å². The summed E-state index contributed by atoms with van der Waals surface area (Å²) in [6, 6.07) is 7.23. The largest absolute Gasteiger partial charge is 0.490 e. The minimum atomic E-state index is -5.08. The second-order valence-corrected chi connectivity index (χ2v) is 5.53. The van der Waals surface area contributed by atoms with E-state index in [0.29, 0.717) is 6.04 Å². The van der Waals surface area contributed by atoms with Gasteiger partial charge >= 0.3 is 12.1 Å². The third-order valence-electron chi connectivity index (χ3n) is 3.86. The van der Waals surface area contributed by atoms with Crippen LogP contribution in [0.4, 0.5) is 13.2 Å². The molecule has 23 heavy (non-hydrogen) atoms. The Morgan fingerprint density at radius 1 is 1.39 bits per heavy atom. The third kappa shape index (κ3) is 3.85. The van der Waals surface area contributed by atoms with Crippen LogP contribution in [0.1, 0.15) is 36.2 Å². The average molecular weight is 328 g/mol. The van der Waals surface area contributed by atoms with Crippen molar-refractivity contribution in [2.24, 2.45) is 0 Å². The summed E-state index contributed by atoms with van der Waals surface area (Å²) in [6.07, 6.45) is -2.78. The van der Waals surface area contributed by atoms with Crippen LogP contribution in [0.5, 0.6) is 0 Å². The standard InChI is InChI=1S/C14H18N2.C2HF3O2/c1-3-12-14-11(6-7-15-12)10-5-4-9(2)8-13(10)16-14;3-2(4,5)1(6)7/h4-5,8,12,15-16H,3,6-7H2,1-2H3;(H,6,7).